The molecule has 0 unspecified atom stereocenters. The first kappa shape index (κ1) is 27.1. The highest BCUT2D eigenvalue weighted by atomic mass is 32.2. The maximum atomic E-state index is 13.6. The summed E-state index contributed by atoms with van der Waals surface area (Å²) in [4.78, 5) is 50.5. The summed E-state index contributed by atoms with van der Waals surface area (Å²) in [7, 11) is 1.55. The zero-order valence-electron chi connectivity index (χ0n) is 22.2. The monoisotopic (exact) mass is 555 g/mol. The van der Waals surface area contributed by atoms with Crippen LogP contribution in [0.25, 0.3) is 0 Å². The van der Waals surface area contributed by atoms with Crippen LogP contribution >= 0.6 is 11.8 Å². The molecule has 3 amide bonds. The molecule has 0 fully saturated rings. The first-order chi connectivity index (χ1) is 19.5. The lowest BCUT2D eigenvalue weighted by molar-refractivity contribution is -0.128. The Kier molecular flexibility index (Phi) is 8.26. The Bertz CT molecular complexity index is 1490. The van der Waals surface area contributed by atoms with Crippen LogP contribution in [0.1, 0.15) is 30.9 Å². The Morgan fingerprint density at radius 3 is 2.52 bits per heavy atom. The second-order valence-electron chi connectivity index (χ2n) is 9.22. The van der Waals surface area contributed by atoms with Crippen molar-refractivity contribution >= 4 is 51.9 Å². The molecule has 40 heavy (non-hydrogen) atoms. The number of hydrogen-bond donors (Lipinski definition) is 2. The average molecular weight is 556 g/mol. The molecule has 204 valence electrons. The zero-order chi connectivity index (χ0) is 28.1. The molecule has 2 atom stereocenters. The lowest BCUT2D eigenvalue weighted by Crippen LogP contribution is -2.43. The molecular weight excluding hydrogens is 526 g/mol. The summed E-state index contributed by atoms with van der Waals surface area (Å²) in [5.41, 5.74) is 2.89. The van der Waals surface area contributed by atoms with Gasteiger partial charge >= 0.3 is 0 Å². The van der Waals surface area contributed by atoms with Gasteiger partial charge in [0.1, 0.15) is 17.6 Å². The summed E-state index contributed by atoms with van der Waals surface area (Å²) >= 11 is 1.20. The number of benzene rings is 3. The van der Waals surface area contributed by atoms with E-state index in [1.54, 1.807) is 19.2 Å². The van der Waals surface area contributed by atoms with Crippen molar-refractivity contribution in [3.05, 3.63) is 90.0 Å². The van der Waals surface area contributed by atoms with Gasteiger partial charge in [0, 0.05) is 12.1 Å². The van der Waals surface area contributed by atoms with Gasteiger partial charge in [-0.2, -0.15) is 0 Å². The highest BCUT2D eigenvalue weighted by Gasteiger charge is 2.43. The number of amides is 3. The van der Waals surface area contributed by atoms with Crippen LogP contribution in [0.4, 0.5) is 11.4 Å². The number of thioether (sulfide) groups is 1. The third-order valence-corrected chi connectivity index (χ3v) is 7.85. The fraction of sp³-hybridized carbons (Fsp3) is 0.233. The van der Waals surface area contributed by atoms with Crippen molar-refractivity contribution in [2.75, 3.05) is 12.4 Å². The van der Waals surface area contributed by atoms with E-state index in [2.05, 4.69) is 15.6 Å². The van der Waals surface area contributed by atoms with Crippen LogP contribution in [0, 0.1) is 0 Å². The molecule has 10 heteroatoms. The minimum absolute atomic E-state index is 0.0860. The van der Waals surface area contributed by atoms with Gasteiger partial charge < -0.3 is 15.4 Å². The van der Waals surface area contributed by atoms with Crippen molar-refractivity contribution in [2.24, 2.45) is 9.98 Å². The Hall–Kier alpha value is -4.44. The highest BCUT2D eigenvalue weighted by molar-refractivity contribution is 8.15. The summed E-state index contributed by atoms with van der Waals surface area (Å²) in [5, 5.41) is 5.61. The van der Waals surface area contributed by atoms with Crippen molar-refractivity contribution in [2.45, 2.75) is 37.6 Å². The predicted octanol–water partition coefficient (Wildman–Crippen LogP) is 4.51. The summed E-state index contributed by atoms with van der Waals surface area (Å²) in [6.07, 6.45) is 0.406. The molecule has 2 N–H and O–H groups in total. The Labute approximate surface area is 236 Å². The lowest BCUT2D eigenvalue weighted by Gasteiger charge is -2.27. The van der Waals surface area contributed by atoms with Crippen LogP contribution < -0.4 is 15.4 Å². The van der Waals surface area contributed by atoms with Crippen LogP contribution in [0.5, 0.6) is 5.75 Å². The fourth-order valence-electron chi connectivity index (χ4n) is 4.47. The van der Waals surface area contributed by atoms with Crippen LogP contribution in [-0.4, -0.2) is 52.0 Å². The number of aliphatic imine (C=N–C) groups is 2. The molecule has 0 spiro atoms. The molecule has 2 aliphatic rings. The van der Waals surface area contributed by atoms with Crippen molar-refractivity contribution in [3.8, 4) is 5.75 Å². The Morgan fingerprint density at radius 1 is 1.02 bits per heavy atom. The van der Waals surface area contributed by atoms with E-state index >= 15 is 0 Å². The second kappa shape index (κ2) is 12.2. The van der Waals surface area contributed by atoms with E-state index in [0.717, 1.165) is 5.56 Å². The van der Waals surface area contributed by atoms with Crippen molar-refractivity contribution in [1.82, 2.24) is 10.2 Å². The van der Waals surface area contributed by atoms with Gasteiger partial charge in [0.2, 0.25) is 11.8 Å². The number of para-hydroxylation sites is 3. The lowest BCUT2D eigenvalue weighted by atomic mass is 10.1. The summed E-state index contributed by atoms with van der Waals surface area (Å²) in [5.74, 6) is 0.149. The van der Waals surface area contributed by atoms with E-state index in [9.17, 15) is 14.4 Å². The second-order valence-corrected chi connectivity index (χ2v) is 10.4. The van der Waals surface area contributed by atoms with Crippen LogP contribution in [-0.2, 0) is 20.9 Å². The van der Waals surface area contributed by atoms with Crippen molar-refractivity contribution in [1.29, 1.82) is 0 Å². The summed E-state index contributed by atoms with van der Waals surface area (Å²) < 4.78 is 5.36. The van der Waals surface area contributed by atoms with E-state index in [4.69, 9.17) is 9.73 Å². The van der Waals surface area contributed by atoms with E-state index < -0.39 is 11.3 Å². The number of amidine groups is 2. The Morgan fingerprint density at radius 2 is 1.75 bits per heavy atom. The molecule has 2 aliphatic heterocycles. The standard InChI is InChI=1S/C30H29N5O4S/c1-3-25(28(37)33-22-15-9-10-16-24(22)39-2)40-30-34-21-14-8-7-13-20(21)27-32-23(29(38)35(27)30)17-26(36)31-18-19-11-5-4-6-12-19/h4-16,23,25H,3,17-18H2,1-2H3,(H,31,36)(H,33,37)/t23-,25+/m0/s1. The van der Waals surface area contributed by atoms with E-state index in [0.29, 0.717) is 46.7 Å². The van der Waals surface area contributed by atoms with Gasteiger partial charge in [0.25, 0.3) is 5.91 Å². The van der Waals surface area contributed by atoms with Gasteiger partial charge in [-0.15, -0.1) is 0 Å². The number of nitrogens with one attached hydrogen (secondary N) is 2. The van der Waals surface area contributed by atoms with Gasteiger partial charge in [0.15, 0.2) is 5.17 Å². The molecular formula is C30H29N5O4S. The highest BCUT2D eigenvalue weighted by Crippen LogP contribution is 2.36. The van der Waals surface area contributed by atoms with Gasteiger partial charge in [-0.25, -0.2) is 9.89 Å². The number of carbonyl (C=O) groups is 3. The van der Waals surface area contributed by atoms with Crippen LogP contribution in [0.15, 0.2) is 88.8 Å². The van der Waals surface area contributed by atoms with Crippen molar-refractivity contribution in [3.63, 3.8) is 0 Å². The van der Waals surface area contributed by atoms with Gasteiger partial charge in [0.05, 0.1) is 30.2 Å². The number of fused-ring (bicyclic) bond motifs is 3. The number of anilines is 1. The van der Waals surface area contributed by atoms with Crippen molar-refractivity contribution < 1.29 is 19.1 Å². The molecule has 0 radical (unpaired) electrons. The fourth-order valence-corrected chi connectivity index (χ4v) is 5.49. The smallest absolute Gasteiger partial charge is 0.259 e. The first-order valence-corrected chi connectivity index (χ1v) is 13.9. The molecule has 3 aromatic rings. The van der Waals surface area contributed by atoms with Gasteiger partial charge in [-0.3, -0.25) is 19.4 Å². The Balaban J connectivity index is 1.34. The maximum Gasteiger partial charge on any atom is 0.259 e. The zero-order valence-corrected chi connectivity index (χ0v) is 23.0. The molecule has 3 aromatic carbocycles. The third-order valence-electron chi connectivity index (χ3n) is 6.53. The topological polar surface area (TPSA) is 112 Å². The molecule has 2 heterocycles. The summed E-state index contributed by atoms with van der Waals surface area (Å²) in [6, 6.07) is 23.3. The van der Waals surface area contributed by atoms with Gasteiger partial charge in [-0.05, 0) is 36.2 Å². The number of carbonyl (C=O) groups excluding carboxylic acids is 3. The van der Waals surface area contributed by atoms with Gasteiger partial charge in [-0.1, -0.05) is 73.3 Å². The first-order valence-electron chi connectivity index (χ1n) is 13.0. The number of methoxy groups -OCH3 is 1. The predicted molar refractivity (Wildman–Crippen MR) is 157 cm³/mol. The van der Waals surface area contributed by atoms with E-state index in [1.807, 2.05) is 73.7 Å². The summed E-state index contributed by atoms with van der Waals surface area (Å²) in [6.45, 7) is 2.27. The van der Waals surface area contributed by atoms with E-state index in [-0.39, 0.29) is 24.1 Å². The number of nitrogens with zero attached hydrogens (tertiary/aromatic N) is 3. The number of hydrogen-bond acceptors (Lipinski definition) is 7. The minimum Gasteiger partial charge on any atom is -0.495 e. The number of ether oxygens (including phenoxy) is 1. The molecule has 0 aliphatic carbocycles. The minimum atomic E-state index is -0.884. The molecule has 5 rings (SSSR count). The molecule has 0 saturated heterocycles. The van der Waals surface area contributed by atoms with E-state index in [1.165, 1.54) is 16.7 Å². The maximum absolute atomic E-state index is 13.6. The normalized spacial score (nSPS) is 16.3. The van der Waals surface area contributed by atoms with Crippen LogP contribution in [0.3, 0.4) is 0 Å². The molecule has 9 nitrogen and oxygen atoms in total. The largest absolute Gasteiger partial charge is 0.495 e. The average Bonchev–Trinajstić information content (AvgIpc) is 3.31. The van der Waals surface area contributed by atoms with Crippen LogP contribution in [0.2, 0.25) is 0 Å². The molecule has 0 aromatic heterocycles. The SMILES string of the molecule is CC[C@@H](SC1=Nc2ccccc2C2=N[C@@H](CC(=O)NCc3ccccc3)C(=O)N12)C(=O)Nc1ccccc1OC. The third kappa shape index (κ3) is 5.76. The quantitative estimate of drug-likeness (QED) is 0.404. The number of rotatable bonds is 9. The molecule has 0 bridgehead atoms. The molecule has 0 saturated carbocycles.